The van der Waals surface area contributed by atoms with Crippen molar-refractivity contribution >= 4 is 0 Å². The summed E-state index contributed by atoms with van der Waals surface area (Å²) in [6, 6.07) is 7.68. The van der Waals surface area contributed by atoms with E-state index in [1.54, 1.807) is 0 Å². The Morgan fingerprint density at radius 1 is 1.29 bits per heavy atom. The number of hydrogen-bond donors (Lipinski definition) is 1. The minimum Gasteiger partial charge on any atom is -0.454 e. The standard InChI is InChI=1S/C17H26N2O2/c1-3-8-19(15-10-18-11-15)13(2)4-5-14-6-7-16-17(9-14)21-12-20-16/h6-7,9,13,15,18H,3-5,8,10-12H2,1-2H3. The average Bonchev–Trinajstić information content (AvgIpc) is 2.89. The molecule has 4 nitrogen and oxygen atoms in total. The minimum atomic E-state index is 0.355. The number of nitrogens with one attached hydrogen (secondary N) is 1. The van der Waals surface area contributed by atoms with Gasteiger partial charge in [-0.05, 0) is 50.4 Å². The van der Waals surface area contributed by atoms with E-state index in [0.717, 1.165) is 37.1 Å². The summed E-state index contributed by atoms with van der Waals surface area (Å²) in [4.78, 5) is 2.67. The maximum absolute atomic E-state index is 5.46. The van der Waals surface area contributed by atoms with E-state index in [-0.39, 0.29) is 0 Å². The molecule has 1 N–H and O–H groups in total. The van der Waals surface area contributed by atoms with Crippen LogP contribution in [0, 0.1) is 0 Å². The summed E-state index contributed by atoms with van der Waals surface area (Å²) in [7, 11) is 0. The topological polar surface area (TPSA) is 33.7 Å². The van der Waals surface area contributed by atoms with Crippen LogP contribution in [0.1, 0.15) is 32.3 Å². The summed E-state index contributed by atoms with van der Waals surface area (Å²) < 4.78 is 10.8. The summed E-state index contributed by atoms with van der Waals surface area (Å²) in [5, 5.41) is 3.38. The minimum absolute atomic E-state index is 0.355. The van der Waals surface area contributed by atoms with Crippen LogP contribution in [0.2, 0.25) is 0 Å². The van der Waals surface area contributed by atoms with E-state index in [9.17, 15) is 0 Å². The van der Waals surface area contributed by atoms with E-state index in [0.29, 0.717) is 12.8 Å². The van der Waals surface area contributed by atoms with Crippen molar-refractivity contribution in [3.63, 3.8) is 0 Å². The summed E-state index contributed by atoms with van der Waals surface area (Å²) in [5.74, 6) is 1.77. The number of hydrogen-bond acceptors (Lipinski definition) is 4. The van der Waals surface area contributed by atoms with Gasteiger partial charge in [-0.2, -0.15) is 0 Å². The van der Waals surface area contributed by atoms with E-state index in [1.807, 2.05) is 6.07 Å². The highest BCUT2D eigenvalue weighted by atomic mass is 16.7. The van der Waals surface area contributed by atoms with E-state index < -0.39 is 0 Å². The molecule has 2 aliphatic rings. The van der Waals surface area contributed by atoms with Gasteiger partial charge in [0.15, 0.2) is 11.5 Å². The lowest BCUT2D eigenvalue weighted by molar-refractivity contribution is 0.0983. The number of benzene rings is 1. The van der Waals surface area contributed by atoms with Crippen LogP contribution < -0.4 is 14.8 Å². The molecular formula is C17H26N2O2. The maximum Gasteiger partial charge on any atom is 0.231 e. The SMILES string of the molecule is CCCN(C(C)CCc1ccc2c(c1)OCO2)C1CNC1. The highest BCUT2D eigenvalue weighted by molar-refractivity contribution is 5.44. The van der Waals surface area contributed by atoms with Crippen molar-refractivity contribution in [1.82, 2.24) is 10.2 Å². The Morgan fingerprint density at radius 3 is 2.81 bits per heavy atom. The number of aryl methyl sites for hydroxylation is 1. The van der Waals surface area contributed by atoms with Gasteiger partial charge in [-0.3, -0.25) is 4.90 Å². The van der Waals surface area contributed by atoms with Gasteiger partial charge in [0.05, 0.1) is 0 Å². The van der Waals surface area contributed by atoms with Gasteiger partial charge in [-0.15, -0.1) is 0 Å². The van der Waals surface area contributed by atoms with Gasteiger partial charge >= 0.3 is 0 Å². The number of rotatable bonds is 7. The smallest absolute Gasteiger partial charge is 0.231 e. The molecule has 21 heavy (non-hydrogen) atoms. The molecule has 2 heterocycles. The first-order valence-corrected chi connectivity index (χ1v) is 8.13. The first kappa shape index (κ1) is 14.7. The number of fused-ring (bicyclic) bond motifs is 1. The van der Waals surface area contributed by atoms with Gasteiger partial charge < -0.3 is 14.8 Å². The van der Waals surface area contributed by atoms with Gasteiger partial charge in [-0.25, -0.2) is 0 Å². The van der Waals surface area contributed by atoms with E-state index >= 15 is 0 Å². The summed E-state index contributed by atoms with van der Waals surface area (Å²) in [6.07, 6.45) is 3.51. The molecule has 0 spiro atoms. The van der Waals surface area contributed by atoms with Crippen LogP contribution >= 0.6 is 0 Å². The lowest BCUT2D eigenvalue weighted by atomic mass is 10.0. The molecule has 0 aromatic heterocycles. The average molecular weight is 290 g/mol. The van der Waals surface area contributed by atoms with Crippen molar-refractivity contribution in [2.24, 2.45) is 0 Å². The number of ether oxygens (including phenoxy) is 2. The molecule has 1 aromatic carbocycles. The van der Waals surface area contributed by atoms with E-state index in [4.69, 9.17) is 9.47 Å². The fraction of sp³-hybridized carbons (Fsp3) is 0.647. The van der Waals surface area contributed by atoms with Crippen molar-refractivity contribution in [2.45, 2.75) is 45.2 Å². The fourth-order valence-corrected chi connectivity index (χ4v) is 3.17. The van der Waals surface area contributed by atoms with Gasteiger partial charge in [-0.1, -0.05) is 13.0 Å². The molecule has 116 valence electrons. The molecule has 0 bridgehead atoms. The molecular weight excluding hydrogens is 264 g/mol. The Bertz CT molecular complexity index is 474. The van der Waals surface area contributed by atoms with Crippen molar-refractivity contribution in [3.05, 3.63) is 23.8 Å². The normalized spacial score (nSPS) is 18.8. The first-order valence-electron chi connectivity index (χ1n) is 8.13. The molecule has 0 saturated carbocycles. The highest BCUT2D eigenvalue weighted by Crippen LogP contribution is 2.33. The number of nitrogens with zero attached hydrogens (tertiary/aromatic N) is 1. The summed E-state index contributed by atoms with van der Waals surface area (Å²) in [5.41, 5.74) is 1.34. The summed E-state index contributed by atoms with van der Waals surface area (Å²) in [6.45, 7) is 8.48. The van der Waals surface area contributed by atoms with E-state index in [1.165, 1.54) is 24.9 Å². The molecule has 1 atom stereocenters. The zero-order valence-corrected chi connectivity index (χ0v) is 13.1. The molecule has 1 fully saturated rings. The van der Waals surface area contributed by atoms with Crippen molar-refractivity contribution in [3.8, 4) is 11.5 Å². The molecule has 3 rings (SSSR count). The van der Waals surface area contributed by atoms with Crippen LogP contribution in [0.3, 0.4) is 0 Å². The Labute approximate surface area is 127 Å². The molecule has 0 aliphatic carbocycles. The van der Waals surface area contributed by atoms with Gasteiger partial charge in [0, 0.05) is 25.2 Å². The largest absolute Gasteiger partial charge is 0.454 e. The third kappa shape index (κ3) is 3.33. The summed E-state index contributed by atoms with van der Waals surface area (Å²) >= 11 is 0. The van der Waals surface area contributed by atoms with Crippen LogP contribution in [-0.4, -0.2) is 43.4 Å². The van der Waals surface area contributed by atoms with E-state index in [2.05, 4.69) is 36.2 Å². The molecule has 1 saturated heterocycles. The van der Waals surface area contributed by atoms with Crippen LogP contribution in [0.15, 0.2) is 18.2 Å². The highest BCUT2D eigenvalue weighted by Gasteiger charge is 2.27. The van der Waals surface area contributed by atoms with Gasteiger partial charge in [0.1, 0.15) is 0 Å². The van der Waals surface area contributed by atoms with Gasteiger partial charge in [0.2, 0.25) is 6.79 Å². The predicted molar refractivity (Wildman–Crippen MR) is 84.0 cm³/mol. The third-order valence-electron chi connectivity index (χ3n) is 4.56. The van der Waals surface area contributed by atoms with Crippen LogP contribution in [0.25, 0.3) is 0 Å². The Balaban J connectivity index is 1.55. The lowest BCUT2D eigenvalue weighted by Crippen LogP contribution is -2.59. The third-order valence-corrected chi connectivity index (χ3v) is 4.56. The fourth-order valence-electron chi connectivity index (χ4n) is 3.17. The zero-order valence-electron chi connectivity index (χ0n) is 13.1. The zero-order chi connectivity index (χ0) is 14.7. The Hall–Kier alpha value is -1.26. The molecule has 1 aromatic rings. The molecule has 1 unspecified atom stereocenters. The Morgan fingerprint density at radius 2 is 2.10 bits per heavy atom. The van der Waals surface area contributed by atoms with Crippen LogP contribution in [0.4, 0.5) is 0 Å². The monoisotopic (exact) mass is 290 g/mol. The molecule has 0 amide bonds. The van der Waals surface area contributed by atoms with Crippen molar-refractivity contribution < 1.29 is 9.47 Å². The van der Waals surface area contributed by atoms with Gasteiger partial charge in [0.25, 0.3) is 0 Å². The second kappa shape index (κ2) is 6.67. The second-order valence-electron chi connectivity index (χ2n) is 6.13. The quantitative estimate of drug-likeness (QED) is 0.836. The van der Waals surface area contributed by atoms with Crippen molar-refractivity contribution in [1.29, 1.82) is 0 Å². The first-order chi connectivity index (χ1) is 10.3. The Kier molecular flexibility index (Phi) is 4.66. The molecule has 4 heteroatoms. The molecule has 2 aliphatic heterocycles. The van der Waals surface area contributed by atoms with Crippen molar-refractivity contribution in [2.75, 3.05) is 26.4 Å². The van der Waals surface area contributed by atoms with Crippen LogP contribution in [-0.2, 0) is 6.42 Å². The lowest BCUT2D eigenvalue weighted by Gasteiger charge is -2.42. The second-order valence-corrected chi connectivity index (χ2v) is 6.13. The maximum atomic E-state index is 5.46. The molecule has 0 radical (unpaired) electrons. The van der Waals surface area contributed by atoms with Crippen LogP contribution in [0.5, 0.6) is 11.5 Å². The predicted octanol–water partition coefficient (Wildman–Crippen LogP) is 2.42.